The maximum absolute atomic E-state index is 12.7. The van der Waals surface area contributed by atoms with Gasteiger partial charge in [0.25, 0.3) is 0 Å². The van der Waals surface area contributed by atoms with Gasteiger partial charge in [0.1, 0.15) is 5.82 Å². The van der Waals surface area contributed by atoms with Gasteiger partial charge >= 0.3 is 11.6 Å². The number of carbonyl (C=O) groups excluding carboxylic acids is 1. The Kier molecular flexibility index (Phi) is 3.47. The third-order valence-electron chi connectivity index (χ3n) is 1.59. The topological polar surface area (TPSA) is 94.5 Å². The second-order valence-electron chi connectivity index (χ2n) is 2.68. The molecule has 0 heterocycles. The van der Waals surface area contributed by atoms with Gasteiger partial charge in [-0.05, 0) is 18.2 Å². The van der Waals surface area contributed by atoms with Gasteiger partial charge < -0.3 is 10.7 Å². The molecule has 0 aliphatic rings. The van der Waals surface area contributed by atoms with E-state index in [0.717, 1.165) is 18.0 Å². The normalized spacial score (nSPS) is 9.06. The number of halogens is 1. The molecule has 82 valence electrons. The predicted molar refractivity (Wildman–Crippen MR) is 53.9 cm³/mol. The van der Waals surface area contributed by atoms with Gasteiger partial charge in [-0.3, -0.25) is 14.9 Å². The molecule has 0 radical (unpaired) electrons. The number of nitro groups is 1. The van der Waals surface area contributed by atoms with Gasteiger partial charge in [0.05, 0.1) is 4.92 Å². The van der Waals surface area contributed by atoms with Crippen molar-refractivity contribution in [1.29, 1.82) is 0 Å². The van der Waals surface area contributed by atoms with E-state index in [0.29, 0.717) is 0 Å². The highest BCUT2D eigenvalue weighted by Crippen LogP contribution is 2.09. The van der Waals surface area contributed by atoms with Crippen LogP contribution in [0.25, 0.3) is 5.41 Å². The first kappa shape index (κ1) is 11.5. The van der Waals surface area contributed by atoms with Crippen LogP contribution in [0.2, 0.25) is 0 Å². The van der Waals surface area contributed by atoms with Gasteiger partial charge in [0, 0.05) is 5.69 Å². The molecule has 0 saturated carbocycles. The average Bonchev–Trinajstić information content (AvgIpc) is 2.17. The number of hydrogen-bond acceptors (Lipinski definition) is 3. The number of rotatable bonds is 3. The molecule has 0 aliphatic carbocycles. The van der Waals surface area contributed by atoms with Crippen molar-refractivity contribution in [3.63, 3.8) is 0 Å². The van der Waals surface area contributed by atoms with Gasteiger partial charge in [-0.25, -0.2) is 4.39 Å². The van der Waals surface area contributed by atoms with Crippen molar-refractivity contribution in [2.45, 2.75) is 0 Å². The fraction of sp³-hybridized carbons (Fsp3) is 0. The van der Waals surface area contributed by atoms with E-state index in [-0.39, 0.29) is 5.69 Å². The SMILES string of the molecule is [N-]=C=C(C(=O)Nc1cccc(F)c1)[N+](=O)[O-]. The summed E-state index contributed by atoms with van der Waals surface area (Å²) in [6, 6.07) is 4.80. The maximum atomic E-state index is 12.7. The maximum Gasteiger partial charge on any atom is 0.353 e. The largest absolute Gasteiger partial charge is 0.757 e. The van der Waals surface area contributed by atoms with E-state index >= 15 is 0 Å². The van der Waals surface area contributed by atoms with Crippen LogP contribution in [0.1, 0.15) is 0 Å². The van der Waals surface area contributed by atoms with Crippen molar-refractivity contribution in [3.8, 4) is 0 Å². The molecular formula is C9H5FN3O3-. The number of benzene rings is 1. The summed E-state index contributed by atoms with van der Waals surface area (Å²) < 4.78 is 12.7. The van der Waals surface area contributed by atoms with E-state index in [1.165, 1.54) is 12.1 Å². The van der Waals surface area contributed by atoms with Crippen LogP contribution in [-0.2, 0) is 4.79 Å². The number of nitrogens with zero attached hydrogens (tertiary/aromatic N) is 2. The van der Waals surface area contributed by atoms with E-state index in [2.05, 4.69) is 0 Å². The van der Waals surface area contributed by atoms with Gasteiger partial charge in [-0.1, -0.05) is 6.07 Å². The summed E-state index contributed by atoms with van der Waals surface area (Å²) in [5.74, 6) is -0.634. The first-order valence-corrected chi connectivity index (χ1v) is 4.03. The zero-order valence-electron chi connectivity index (χ0n) is 7.81. The van der Waals surface area contributed by atoms with E-state index < -0.39 is 22.3 Å². The molecule has 0 spiro atoms. The minimum absolute atomic E-state index is 0.0413. The zero-order valence-corrected chi connectivity index (χ0v) is 7.81. The van der Waals surface area contributed by atoms with Crippen molar-refractivity contribution in [2.24, 2.45) is 0 Å². The fourth-order valence-corrected chi connectivity index (χ4v) is 0.931. The standard InChI is InChI=1S/C9H5FN3O3/c10-6-2-1-3-7(4-6)12-9(14)8(5-11)13(15)16/h1-4H,(H,12,14)/q-1. The van der Waals surface area contributed by atoms with Crippen molar-refractivity contribution in [3.05, 3.63) is 51.3 Å². The molecule has 1 amide bonds. The van der Waals surface area contributed by atoms with Crippen LogP contribution in [0.3, 0.4) is 0 Å². The molecule has 1 aromatic rings. The third kappa shape index (κ3) is 2.73. The highest BCUT2D eigenvalue weighted by Gasteiger charge is 2.19. The molecule has 0 aromatic heterocycles. The zero-order chi connectivity index (χ0) is 12.1. The summed E-state index contributed by atoms with van der Waals surface area (Å²) in [7, 11) is 0. The van der Waals surface area contributed by atoms with Gasteiger partial charge in [0.2, 0.25) is 0 Å². The Morgan fingerprint density at radius 2 is 2.25 bits per heavy atom. The highest BCUT2D eigenvalue weighted by atomic mass is 19.1. The van der Waals surface area contributed by atoms with E-state index in [4.69, 9.17) is 5.41 Å². The second kappa shape index (κ2) is 4.81. The molecule has 0 bridgehead atoms. The van der Waals surface area contributed by atoms with Crippen molar-refractivity contribution >= 4 is 17.5 Å². The molecule has 0 atom stereocenters. The molecule has 16 heavy (non-hydrogen) atoms. The highest BCUT2D eigenvalue weighted by molar-refractivity contribution is 6.07. The van der Waals surface area contributed by atoms with Crippen LogP contribution in [0, 0.1) is 15.9 Å². The summed E-state index contributed by atoms with van der Waals surface area (Å²) in [4.78, 5) is 20.3. The van der Waals surface area contributed by atoms with Crippen LogP contribution in [-0.4, -0.2) is 16.7 Å². The molecule has 1 rings (SSSR count). The number of anilines is 1. The van der Waals surface area contributed by atoms with E-state index in [9.17, 15) is 19.3 Å². The molecule has 7 heteroatoms. The van der Waals surface area contributed by atoms with Crippen LogP contribution in [0.4, 0.5) is 10.1 Å². The lowest BCUT2D eigenvalue weighted by Gasteiger charge is -2.02. The Morgan fingerprint density at radius 1 is 1.56 bits per heavy atom. The Labute approximate surface area is 89.1 Å². The predicted octanol–water partition coefficient (Wildman–Crippen LogP) is 1.16. The lowest BCUT2D eigenvalue weighted by molar-refractivity contribution is -0.415. The third-order valence-corrected chi connectivity index (χ3v) is 1.59. The summed E-state index contributed by atoms with van der Waals surface area (Å²) in [6.45, 7) is 0. The van der Waals surface area contributed by atoms with Crippen molar-refractivity contribution < 1.29 is 14.1 Å². The number of nitrogens with one attached hydrogen (secondary N) is 1. The van der Waals surface area contributed by atoms with Gasteiger partial charge in [-0.15, -0.1) is 0 Å². The number of amides is 1. The fourth-order valence-electron chi connectivity index (χ4n) is 0.931. The lowest BCUT2D eigenvalue weighted by Crippen LogP contribution is -2.20. The average molecular weight is 222 g/mol. The van der Waals surface area contributed by atoms with Crippen LogP contribution in [0.15, 0.2) is 30.0 Å². The van der Waals surface area contributed by atoms with Gasteiger partial charge in [0.15, 0.2) is 0 Å². The van der Waals surface area contributed by atoms with E-state index in [1.54, 1.807) is 0 Å². The molecule has 0 aliphatic heterocycles. The minimum atomic E-state index is -1.18. The van der Waals surface area contributed by atoms with Crippen LogP contribution in [0.5, 0.6) is 0 Å². The minimum Gasteiger partial charge on any atom is -0.757 e. The molecule has 0 unspecified atom stereocenters. The monoisotopic (exact) mass is 222 g/mol. The second-order valence-corrected chi connectivity index (χ2v) is 2.68. The van der Waals surface area contributed by atoms with Crippen molar-refractivity contribution in [2.75, 3.05) is 5.32 Å². The summed E-state index contributed by atoms with van der Waals surface area (Å²) >= 11 is 0. The lowest BCUT2D eigenvalue weighted by atomic mass is 10.3. The molecule has 0 saturated heterocycles. The van der Waals surface area contributed by atoms with Crippen molar-refractivity contribution in [1.82, 2.24) is 0 Å². The Bertz CT molecular complexity index is 495. The first-order chi connectivity index (χ1) is 7.54. The number of carbonyl (C=O) groups is 1. The smallest absolute Gasteiger partial charge is 0.353 e. The van der Waals surface area contributed by atoms with Gasteiger partial charge in [-0.2, -0.15) is 5.87 Å². The molecule has 1 N–H and O–H groups in total. The molecule has 1 aromatic carbocycles. The first-order valence-electron chi connectivity index (χ1n) is 4.03. The summed E-state index contributed by atoms with van der Waals surface area (Å²) in [5.41, 5.74) is -1.11. The Morgan fingerprint density at radius 3 is 2.75 bits per heavy atom. The Balaban J connectivity index is 2.87. The molecule has 0 fully saturated rings. The van der Waals surface area contributed by atoms with Crippen LogP contribution >= 0.6 is 0 Å². The summed E-state index contributed by atoms with van der Waals surface area (Å²) in [5, 5.41) is 20.6. The summed E-state index contributed by atoms with van der Waals surface area (Å²) in [6.07, 6.45) is 0. The molecular weight excluding hydrogens is 217 g/mol. The van der Waals surface area contributed by atoms with Crippen LogP contribution < -0.4 is 5.32 Å². The quantitative estimate of drug-likeness (QED) is 0.360. The molecule has 6 nitrogen and oxygen atoms in total. The Hall–Kier alpha value is -2.53. The van der Waals surface area contributed by atoms with E-state index in [1.807, 2.05) is 5.32 Å². The number of hydrogen-bond donors (Lipinski definition) is 1.